The van der Waals surface area contributed by atoms with Crippen molar-refractivity contribution in [3.05, 3.63) is 59.7 Å². The summed E-state index contributed by atoms with van der Waals surface area (Å²) in [6.45, 7) is 3.65. The number of rotatable bonds is 5. The number of pyridine rings is 1. The molecule has 1 aliphatic rings. The molecule has 0 saturated heterocycles. The molecule has 5 rings (SSSR count). The van der Waals surface area contributed by atoms with Gasteiger partial charge in [0.1, 0.15) is 5.76 Å². The highest BCUT2D eigenvalue weighted by Crippen LogP contribution is 2.43. The fourth-order valence-electron chi connectivity index (χ4n) is 5.16. The van der Waals surface area contributed by atoms with Crippen molar-refractivity contribution in [3.63, 3.8) is 0 Å². The maximum Gasteiger partial charge on any atom is 0.335 e. The second-order valence-electron chi connectivity index (χ2n) is 9.60. The molecule has 0 atom stereocenters. The Morgan fingerprint density at radius 1 is 1.17 bits per heavy atom. The van der Waals surface area contributed by atoms with Gasteiger partial charge < -0.3 is 14.2 Å². The zero-order valence-corrected chi connectivity index (χ0v) is 20.0. The Morgan fingerprint density at radius 2 is 1.83 bits per heavy atom. The van der Waals surface area contributed by atoms with E-state index in [-0.39, 0.29) is 37.2 Å². The van der Waals surface area contributed by atoms with Crippen molar-refractivity contribution in [2.45, 2.75) is 50.8 Å². The smallest absolute Gasteiger partial charge is 0.335 e. The van der Waals surface area contributed by atoms with Crippen LogP contribution in [0.5, 0.6) is 0 Å². The molecule has 1 saturated carbocycles. The van der Waals surface area contributed by atoms with Crippen LogP contribution in [-0.4, -0.2) is 47.4 Å². The molecular formula is C26H23B2F2N3O3. The molecule has 0 aliphatic heterocycles. The van der Waals surface area contributed by atoms with Crippen molar-refractivity contribution in [1.29, 1.82) is 0 Å². The third-order valence-electron chi connectivity index (χ3n) is 7.19. The number of carboxylic acids is 1. The standard InChI is InChI=1S/C26H23B2F2N3O3/c1-14-22(15(2)36-32-14)18-11-21-23(31-12-18)20(16-3-5-17(6-4-16)24(34)35)13-33(21)26(27,28)19-7-9-25(29,30)10-8-19/h3-6,11-13,19H,7-10H2,1-2H3,(H,34,35). The van der Waals surface area contributed by atoms with Crippen LogP contribution in [0, 0.1) is 19.8 Å². The van der Waals surface area contributed by atoms with Gasteiger partial charge in [0.25, 0.3) is 0 Å². The molecule has 4 aromatic rings. The zero-order chi connectivity index (χ0) is 25.8. The van der Waals surface area contributed by atoms with Gasteiger partial charge in [-0.2, -0.15) is 0 Å². The van der Waals surface area contributed by atoms with Gasteiger partial charge in [-0.15, -0.1) is 0 Å². The number of fused-ring (bicyclic) bond motifs is 1. The highest BCUT2D eigenvalue weighted by Gasteiger charge is 2.41. The topological polar surface area (TPSA) is 81.2 Å². The lowest BCUT2D eigenvalue weighted by molar-refractivity contribution is -0.0498. The van der Waals surface area contributed by atoms with E-state index in [1.165, 1.54) is 12.1 Å². The summed E-state index contributed by atoms with van der Waals surface area (Å²) in [4.78, 5) is 16.0. The molecule has 3 aromatic heterocycles. The molecular weight excluding hydrogens is 462 g/mol. The van der Waals surface area contributed by atoms with Crippen LogP contribution in [0.25, 0.3) is 33.3 Å². The molecule has 6 nitrogen and oxygen atoms in total. The number of nitrogens with zero attached hydrogens (tertiary/aromatic N) is 3. The number of aryl methyl sites for hydroxylation is 2. The molecule has 1 aliphatic carbocycles. The van der Waals surface area contributed by atoms with E-state index < -0.39 is 17.2 Å². The van der Waals surface area contributed by atoms with Gasteiger partial charge in [-0.25, -0.2) is 13.6 Å². The first-order valence-corrected chi connectivity index (χ1v) is 11.7. The highest BCUT2D eigenvalue weighted by atomic mass is 19.3. The van der Waals surface area contributed by atoms with Crippen LogP contribution < -0.4 is 0 Å². The van der Waals surface area contributed by atoms with E-state index in [4.69, 9.17) is 25.2 Å². The van der Waals surface area contributed by atoms with Crippen LogP contribution in [0.15, 0.2) is 47.2 Å². The predicted molar refractivity (Wildman–Crippen MR) is 133 cm³/mol. The second kappa shape index (κ2) is 8.61. The Hall–Kier alpha value is -3.42. The largest absolute Gasteiger partial charge is 0.478 e. The summed E-state index contributed by atoms with van der Waals surface area (Å²) in [5.41, 5.74) is 5.10. The Labute approximate surface area is 209 Å². The van der Waals surface area contributed by atoms with E-state index in [2.05, 4.69) is 5.16 Å². The molecule has 36 heavy (non-hydrogen) atoms. The quantitative estimate of drug-likeness (QED) is 0.381. The molecule has 1 fully saturated rings. The van der Waals surface area contributed by atoms with Crippen molar-refractivity contribution in [3.8, 4) is 22.3 Å². The molecule has 1 aromatic carbocycles. The highest BCUT2D eigenvalue weighted by molar-refractivity contribution is 6.38. The summed E-state index contributed by atoms with van der Waals surface area (Å²) < 4.78 is 34.8. The minimum absolute atomic E-state index is 0.159. The normalized spacial score (nSPS) is 16.4. The molecule has 180 valence electrons. The van der Waals surface area contributed by atoms with E-state index >= 15 is 0 Å². The Bertz CT molecular complexity index is 1430. The van der Waals surface area contributed by atoms with Gasteiger partial charge in [0.2, 0.25) is 5.92 Å². The van der Waals surface area contributed by atoms with E-state index in [9.17, 15) is 18.7 Å². The fourth-order valence-corrected chi connectivity index (χ4v) is 5.16. The van der Waals surface area contributed by atoms with Crippen LogP contribution in [0.2, 0.25) is 0 Å². The summed E-state index contributed by atoms with van der Waals surface area (Å²) in [5.74, 6) is -3.47. The number of aromatic carboxylic acids is 1. The Morgan fingerprint density at radius 3 is 2.42 bits per heavy atom. The van der Waals surface area contributed by atoms with Crippen LogP contribution >= 0.6 is 0 Å². The molecule has 3 heterocycles. The molecule has 0 amide bonds. The van der Waals surface area contributed by atoms with E-state index in [1.54, 1.807) is 29.1 Å². The zero-order valence-electron chi connectivity index (χ0n) is 20.0. The lowest BCUT2D eigenvalue weighted by atomic mass is 9.52. The first kappa shape index (κ1) is 24.3. The summed E-state index contributed by atoms with van der Waals surface area (Å²) >= 11 is 0. The number of carboxylic acid groups (broad SMARTS) is 1. The lowest BCUT2D eigenvalue weighted by Gasteiger charge is -2.42. The fraction of sp³-hybridized carbons (Fsp3) is 0.346. The van der Waals surface area contributed by atoms with Crippen molar-refractivity contribution in [2.75, 3.05) is 0 Å². The number of alkyl halides is 2. The third kappa shape index (κ3) is 4.12. The lowest BCUT2D eigenvalue weighted by Crippen LogP contribution is -2.45. The predicted octanol–water partition coefficient (Wildman–Crippen LogP) is 5.45. The van der Waals surface area contributed by atoms with Crippen molar-refractivity contribution >= 4 is 32.7 Å². The number of halogens is 2. The third-order valence-corrected chi connectivity index (χ3v) is 7.19. The molecule has 10 heteroatoms. The van der Waals surface area contributed by atoms with Gasteiger partial charge in [0, 0.05) is 41.9 Å². The number of carbonyl (C=O) groups is 1. The number of benzene rings is 1. The van der Waals surface area contributed by atoms with Crippen LogP contribution in [-0.2, 0) is 5.34 Å². The molecule has 4 radical (unpaired) electrons. The maximum atomic E-state index is 13.9. The van der Waals surface area contributed by atoms with Crippen LogP contribution in [0.4, 0.5) is 8.78 Å². The second-order valence-corrected chi connectivity index (χ2v) is 9.60. The van der Waals surface area contributed by atoms with Crippen molar-refractivity contribution in [1.82, 2.24) is 14.7 Å². The average molecular weight is 485 g/mol. The average Bonchev–Trinajstić information content (AvgIpc) is 3.38. The van der Waals surface area contributed by atoms with Gasteiger partial charge in [-0.1, -0.05) is 17.3 Å². The summed E-state index contributed by atoms with van der Waals surface area (Å²) in [6, 6.07) is 8.32. The number of hydrogen-bond acceptors (Lipinski definition) is 4. The molecule has 0 spiro atoms. The van der Waals surface area contributed by atoms with Gasteiger partial charge in [-0.05, 0) is 61.7 Å². The van der Waals surface area contributed by atoms with Crippen molar-refractivity contribution in [2.24, 2.45) is 5.92 Å². The molecule has 0 unspecified atom stereocenters. The van der Waals surface area contributed by atoms with E-state index in [1.807, 2.05) is 19.9 Å². The summed E-state index contributed by atoms with van der Waals surface area (Å²) in [5, 5.41) is 11.8. The van der Waals surface area contributed by atoms with Gasteiger partial charge in [0.15, 0.2) is 0 Å². The Balaban J connectivity index is 1.68. The summed E-state index contributed by atoms with van der Waals surface area (Å²) in [7, 11) is 13.4. The molecule has 0 bridgehead atoms. The maximum absolute atomic E-state index is 13.9. The van der Waals surface area contributed by atoms with Gasteiger partial charge in [-0.3, -0.25) is 4.98 Å². The summed E-state index contributed by atoms with van der Waals surface area (Å²) in [6.07, 6.45) is 3.35. The van der Waals surface area contributed by atoms with Gasteiger partial charge in [0.05, 0.1) is 38.0 Å². The SMILES string of the molecule is [B]C([B])(C1CCC(F)(F)CC1)n1cc(-c2ccc(C(=O)O)cc2)c2ncc(-c3c(C)noc3C)cc21. The monoisotopic (exact) mass is 485 g/mol. The van der Waals surface area contributed by atoms with Crippen LogP contribution in [0.1, 0.15) is 47.5 Å². The van der Waals surface area contributed by atoms with E-state index in [0.29, 0.717) is 28.1 Å². The van der Waals surface area contributed by atoms with Crippen molar-refractivity contribution < 1.29 is 23.2 Å². The van der Waals surface area contributed by atoms with Gasteiger partial charge >= 0.3 is 5.97 Å². The first-order chi connectivity index (χ1) is 17.0. The number of hydrogen-bond donors (Lipinski definition) is 1. The number of aromatic nitrogens is 3. The molecule has 1 N–H and O–H groups in total. The minimum atomic E-state index is -2.71. The minimum Gasteiger partial charge on any atom is -0.478 e. The van der Waals surface area contributed by atoms with Crippen LogP contribution in [0.3, 0.4) is 0 Å². The van der Waals surface area contributed by atoms with E-state index in [0.717, 1.165) is 16.7 Å². The Kier molecular flexibility index (Phi) is 5.80. The first-order valence-electron chi connectivity index (χ1n) is 11.7.